The second kappa shape index (κ2) is 16.6. The normalized spacial score (nSPS) is 16.2. The molecule has 10 nitrogen and oxygen atoms in total. The standard InChI is InChI=1S/C40H42N4O6S2/c1-4-51-40(52-5-2)32-19-26(20-35(45)42-17-18-43-37(46)28-15-9-13-27-14-10-16-29(36(27)28)38(43)47)23-44(32)39(48)30-21-33(49-3)34(22-31(30)41)50-24-25-11-7-6-8-12-25/h6-16,20-22,32,40H,4-5,17-19,23-24,41H2,1-3H3,(H,42,45)/b26-20+/t32-/m0/s1. The van der Waals surface area contributed by atoms with E-state index in [9.17, 15) is 19.2 Å². The predicted octanol–water partition coefficient (Wildman–Crippen LogP) is 6.40. The van der Waals surface area contributed by atoms with Crippen molar-refractivity contribution in [3.05, 3.63) is 113 Å². The quantitative estimate of drug-likeness (QED) is 0.0654. The summed E-state index contributed by atoms with van der Waals surface area (Å²) in [5.74, 6) is 1.20. The Kier molecular flexibility index (Phi) is 11.8. The predicted molar refractivity (Wildman–Crippen MR) is 208 cm³/mol. The van der Waals surface area contributed by atoms with Crippen LogP contribution in [-0.2, 0) is 11.4 Å². The van der Waals surface area contributed by atoms with E-state index in [1.165, 1.54) is 18.1 Å². The van der Waals surface area contributed by atoms with Gasteiger partial charge >= 0.3 is 0 Å². The molecule has 4 aromatic carbocycles. The zero-order valence-corrected chi connectivity index (χ0v) is 31.1. The molecule has 2 heterocycles. The van der Waals surface area contributed by atoms with Gasteiger partial charge in [-0.25, -0.2) is 0 Å². The molecule has 0 bridgehead atoms. The Morgan fingerprint density at radius 2 is 1.62 bits per heavy atom. The average Bonchev–Trinajstić information content (AvgIpc) is 3.57. The molecular weight excluding hydrogens is 697 g/mol. The van der Waals surface area contributed by atoms with Crippen molar-refractivity contribution in [2.75, 3.05) is 44.0 Å². The monoisotopic (exact) mass is 738 g/mol. The van der Waals surface area contributed by atoms with Crippen LogP contribution in [0.3, 0.4) is 0 Å². The van der Waals surface area contributed by atoms with Crippen LogP contribution in [0, 0.1) is 0 Å². The van der Waals surface area contributed by atoms with Gasteiger partial charge in [0.05, 0.1) is 23.3 Å². The number of nitrogens with two attached hydrogens (primary N) is 1. The molecule has 52 heavy (non-hydrogen) atoms. The Labute approximate surface area is 312 Å². The number of likely N-dealkylation sites (tertiary alicyclic amines) is 1. The maximum absolute atomic E-state index is 14.3. The summed E-state index contributed by atoms with van der Waals surface area (Å²) in [6, 6.07) is 23.6. The summed E-state index contributed by atoms with van der Waals surface area (Å²) < 4.78 is 11.7. The molecular formula is C40H42N4O6S2. The van der Waals surface area contributed by atoms with E-state index in [4.69, 9.17) is 15.2 Å². The van der Waals surface area contributed by atoms with Gasteiger partial charge in [0.25, 0.3) is 17.7 Å². The molecule has 0 radical (unpaired) electrons. The molecule has 0 unspecified atom stereocenters. The number of carbonyl (C=O) groups is 4. The van der Waals surface area contributed by atoms with Crippen LogP contribution in [0.15, 0.2) is 90.5 Å². The number of benzene rings is 4. The summed E-state index contributed by atoms with van der Waals surface area (Å²) in [4.78, 5) is 57.1. The molecule has 6 rings (SSSR count). The lowest BCUT2D eigenvalue weighted by atomic mass is 9.94. The summed E-state index contributed by atoms with van der Waals surface area (Å²) >= 11 is 3.55. The first kappa shape index (κ1) is 36.8. The molecule has 1 saturated heterocycles. The van der Waals surface area contributed by atoms with E-state index in [1.807, 2.05) is 42.5 Å². The Balaban J connectivity index is 1.16. The van der Waals surface area contributed by atoms with Crippen molar-refractivity contribution in [3.63, 3.8) is 0 Å². The molecule has 1 atom stereocenters. The van der Waals surface area contributed by atoms with E-state index >= 15 is 0 Å². The molecule has 1 fully saturated rings. The second-order valence-corrected chi connectivity index (χ2v) is 15.5. The molecule has 0 spiro atoms. The molecule has 4 amide bonds. The third-order valence-electron chi connectivity index (χ3n) is 9.11. The van der Waals surface area contributed by atoms with E-state index in [0.717, 1.165) is 28.0 Å². The third kappa shape index (κ3) is 7.78. The van der Waals surface area contributed by atoms with Gasteiger partial charge in [-0.1, -0.05) is 68.4 Å². The van der Waals surface area contributed by atoms with Crippen LogP contribution in [0.2, 0.25) is 0 Å². The van der Waals surface area contributed by atoms with Crippen molar-refractivity contribution in [1.29, 1.82) is 0 Å². The van der Waals surface area contributed by atoms with E-state index in [2.05, 4.69) is 19.2 Å². The number of nitrogens with one attached hydrogen (secondary N) is 1. The fraction of sp³-hybridized carbons (Fsp3) is 0.300. The molecule has 2 aliphatic rings. The third-order valence-corrected chi connectivity index (χ3v) is 11.9. The maximum atomic E-state index is 14.3. The first-order valence-corrected chi connectivity index (χ1v) is 19.4. The van der Waals surface area contributed by atoms with Crippen molar-refractivity contribution >= 4 is 63.6 Å². The Hall–Kier alpha value is -4.94. The zero-order valence-electron chi connectivity index (χ0n) is 29.4. The number of imide groups is 1. The summed E-state index contributed by atoms with van der Waals surface area (Å²) in [5, 5.41) is 4.34. The van der Waals surface area contributed by atoms with Crippen LogP contribution in [0.1, 0.15) is 56.9 Å². The van der Waals surface area contributed by atoms with Crippen molar-refractivity contribution in [3.8, 4) is 11.5 Å². The highest BCUT2D eigenvalue weighted by Crippen LogP contribution is 2.40. The molecule has 0 aromatic heterocycles. The fourth-order valence-electron chi connectivity index (χ4n) is 6.68. The SMILES string of the molecule is CCSC(SCC)[C@@H]1C/C(=C\C(=O)NCCN2C(=O)c3cccc4cccc(c34)C2=O)CN1C(=O)c1cc(OC)c(OCc2ccccc2)cc1N. The van der Waals surface area contributed by atoms with Crippen LogP contribution in [-0.4, -0.2) is 82.3 Å². The minimum atomic E-state index is -0.380. The van der Waals surface area contributed by atoms with Crippen LogP contribution < -0.4 is 20.5 Å². The average molecular weight is 739 g/mol. The molecule has 3 N–H and O–H groups in total. The number of anilines is 1. The van der Waals surface area contributed by atoms with Crippen molar-refractivity contribution in [1.82, 2.24) is 15.1 Å². The van der Waals surface area contributed by atoms with Gasteiger partial charge in [0, 0.05) is 54.0 Å². The Morgan fingerprint density at radius 1 is 0.942 bits per heavy atom. The number of carbonyl (C=O) groups excluding carboxylic acids is 4. The fourth-order valence-corrected chi connectivity index (χ4v) is 9.47. The summed E-state index contributed by atoms with van der Waals surface area (Å²) in [5.41, 5.74) is 9.79. The van der Waals surface area contributed by atoms with Gasteiger partial charge < -0.3 is 25.4 Å². The topological polar surface area (TPSA) is 131 Å². The Bertz CT molecular complexity index is 1960. The summed E-state index contributed by atoms with van der Waals surface area (Å²) in [6.07, 6.45) is 2.05. The van der Waals surface area contributed by atoms with E-state index in [1.54, 1.807) is 64.8 Å². The first-order chi connectivity index (χ1) is 25.2. The number of thioether (sulfide) groups is 2. The number of nitrogens with zero attached hydrogens (tertiary/aromatic N) is 2. The van der Waals surface area contributed by atoms with Gasteiger partial charge in [0.15, 0.2) is 11.5 Å². The largest absolute Gasteiger partial charge is 0.493 e. The number of ether oxygens (including phenoxy) is 2. The molecule has 12 heteroatoms. The lowest BCUT2D eigenvalue weighted by molar-refractivity contribution is -0.116. The zero-order chi connectivity index (χ0) is 36.8. The highest BCUT2D eigenvalue weighted by atomic mass is 32.2. The van der Waals surface area contributed by atoms with Crippen molar-refractivity contribution in [2.45, 2.75) is 37.5 Å². The second-order valence-electron chi connectivity index (χ2n) is 12.4. The number of methoxy groups -OCH3 is 1. The van der Waals surface area contributed by atoms with Crippen LogP contribution >= 0.6 is 23.5 Å². The number of rotatable bonds is 14. The number of nitrogen functional groups attached to an aromatic ring is 1. The van der Waals surface area contributed by atoms with Gasteiger partial charge in [-0.05, 0) is 52.6 Å². The van der Waals surface area contributed by atoms with Crippen molar-refractivity contribution < 1.29 is 28.7 Å². The van der Waals surface area contributed by atoms with E-state index in [-0.39, 0.29) is 59.6 Å². The highest BCUT2D eigenvalue weighted by molar-refractivity contribution is 8.17. The summed E-state index contributed by atoms with van der Waals surface area (Å²) in [7, 11) is 1.52. The van der Waals surface area contributed by atoms with Crippen LogP contribution in [0.4, 0.5) is 5.69 Å². The molecule has 4 aromatic rings. The van der Waals surface area contributed by atoms with E-state index < -0.39 is 0 Å². The smallest absolute Gasteiger partial charge is 0.261 e. The lowest BCUT2D eigenvalue weighted by Crippen LogP contribution is -2.44. The van der Waals surface area contributed by atoms with Gasteiger partial charge in [0.2, 0.25) is 5.91 Å². The maximum Gasteiger partial charge on any atom is 0.261 e. The van der Waals surface area contributed by atoms with Crippen LogP contribution in [0.25, 0.3) is 10.8 Å². The molecule has 0 aliphatic carbocycles. The first-order valence-electron chi connectivity index (χ1n) is 17.3. The lowest BCUT2D eigenvalue weighted by Gasteiger charge is -2.31. The summed E-state index contributed by atoms with van der Waals surface area (Å²) in [6.45, 7) is 4.85. The van der Waals surface area contributed by atoms with Crippen molar-refractivity contribution in [2.24, 2.45) is 0 Å². The number of hydrogen-bond acceptors (Lipinski definition) is 9. The molecule has 0 saturated carbocycles. The van der Waals surface area contributed by atoms with Crippen LogP contribution in [0.5, 0.6) is 11.5 Å². The van der Waals surface area contributed by atoms with Gasteiger partial charge in [-0.2, -0.15) is 0 Å². The van der Waals surface area contributed by atoms with Gasteiger partial charge in [0.1, 0.15) is 6.61 Å². The van der Waals surface area contributed by atoms with E-state index in [0.29, 0.717) is 46.6 Å². The molecule has 2 aliphatic heterocycles. The number of hydrogen-bond donors (Lipinski definition) is 2. The highest BCUT2D eigenvalue weighted by Gasteiger charge is 2.39. The minimum Gasteiger partial charge on any atom is -0.493 e. The number of amides is 4. The Morgan fingerprint density at radius 3 is 2.25 bits per heavy atom. The minimum absolute atomic E-state index is 0.0268. The van der Waals surface area contributed by atoms with Gasteiger partial charge in [-0.15, -0.1) is 23.5 Å². The molecule has 270 valence electrons. The van der Waals surface area contributed by atoms with Gasteiger partial charge in [-0.3, -0.25) is 24.1 Å².